The van der Waals surface area contributed by atoms with Crippen molar-refractivity contribution in [1.29, 1.82) is 0 Å². The average Bonchev–Trinajstić information content (AvgIpc) is 2.98. The smallest absolute Gasteiger partial charge is 0.385 e. The average molecular weight is 679 g/mol. The summed E-state index contributed by atoms with van der Waals surface area (Å²) in [5, 5.41) is 3.62. The molecule has 1 N–H and O–H groups in total. The molecule has 3 heterocycles. The van der Waals surface area contributed by atoms with Crippen molar-refractivity contribution in [2.45, 2.75) is 17.4 Å². The van der Waals surface area contributed by atoms with Crippen molar-refractivity contribution in [3.63, 3.8) is 0 Å². The Morgan fingerprint density at radius 3 is 2.28 bits per heavy atom. The number of sulfonamides is 1. The van der Waals surface area contributed by atoms with Crippen LogP contribution in [0, 0.1) is 11.6 Å². The van der Waals surface area contributed by atoms with E-state index in [4.69, 9.17) is 0 Å². The van der Waals surface area contributed by atoms with E-state index in [1.807, 2.05) is 4.90 Å². The van der Waals surface area contributed by atoms with Gasteiger partial charge in [0.1, 0.15) is 28.7 Å². The Labute approximate surface area is 253 Å². The number of piperazine rings is 1. The summed E-state index contributed by atoms with van der Waals surface area (Å²) in [6.45, 7) is 2.38. The number of carbonyl (C=O) groups excluding carboxylic acids is 1. The van der Waals surface area contributed by atoms with Crippen molar-refractivity contribution >= 4 is 38.4 Å². The summed E-state index contributed by atoms with van der Waals surface area (Å²) in [4.78, 5) is 28.2. The van der Waals surface area contributed by atoms with Gasteiger partial charge in [-0.1, -0.05) is 10.5 Å². The summed E-state index contributed by atoms with van der Waals surface area (Å²) < 4.78 is 138. The summed E-state index contributed by atoms with van der Waals surface area (Å²) in [6.07, 6.45) is -9.39. The summed E-state index contributed by atoms with van der Waals surface area (Å²) in [6, 6.07) is 5.60. The lowest BCUT2D eigenvalue weighted by Gasteiger charge is -2.29. The number of halogens is 8. The number of carbonyl (C=O) groups is 1. The Balaban J connectivity index is 1.71. The molecular weight excluding hydrogens is 660 g/mol. The van der Waals surface area contributed by atoms with E-state index in [9.17, 15) is 48.3 Å². The number of hydrogen-bond donors (Lipinski definition) is 1. The number of anilines is 2. The van der Waals surface area contributed by atoms with Crippen LogP contribution in [0.15, 0.2) is 59.9 Å². The second-order valence-corrected chi connectivity index (χ2v) is 11.2. The lowest BCUT2D eigenvalue weighted by atomic mass is 10.0. The summed E-state index contributed by atoms with van der Waals surface area (Å²) in [7, 11) is -5.86. The van der Waals surface area contributed by atoms with E-state index < -0.39 is 61.1 Å². The first-order valence-electron chi connectivity index (χ1n) is 12.8. The Bertz CT molecular complexity index is 1900. The van der Waals surface area contributed by atoms with Crippen molar-refractivity contribution < 1.29 is 57.9 Å². The largest absolute Gasteiger partial charge is 0.574 e. The van der Waals surface area contributed by atoms with Gasteiger partial charge in [0.2, 0.25) is 0 Å². The molecule has 0 atom stereocenters. The molecule has 0 radical (unpaired) electrons. The molecule has 1 aliphatic rings. The topological polar surface area (TPSA) is 127 Å². The van der Waals surface area contributed by atoms with Crippen molar-refractivity contribution in [3.8, 4) is 17.0 Å². The van der Waals surface area contributed by atoms with Gasteiger partial charge in [0.05, 0.1) is 5.52 Å². The molecule has 2 aromatic carbocycles. The highest BCUT2D eigenvalue weighted by Crippen LogP contribution is 2.39. The molecule has 0 saturated carbocycles. The molecule has 1 aliphatic heterocycles. The van der Waals surface area contributed by atoms with Crippen LogP contribution in [-0.4, -0.2) is 68.1 Å². The van der Waals surface area contributed by atoms with Crippen LogP contribution in [0.25, 0.3) is 22.0 Å². The van der Waals surface area contributed by atoms with Crippen LogP contribution in [0.4, 0.5) is 46.6 Å². The van der Waals surface area contributed by atoms with Gasteiger partial charge < -0.3 is 19.8 Å². The predicted octanol–water partition coefficient (Wildman–Crippen LogP) is 4.49. The SMILES string of the molecule is O=C(ON(c1cc(-c2ccc3ncnc(N4CCNCC4)c3c2)cnc1OC(F)(F)F)S(=O)(=O)c1ccc(F)cc1F)C(F)(F)F. The van der Waals surface area contributed by atoms with Crippen LogP contribution < -0.4 is 19.4 Å². The molecule has 5 rings (SSSR count). The van der Waals surface area contributed by atoms with Crippen molar-refractivity contribution in [2.75, 3.05) is 35.5 Å². The Morgan fingerprint density at radius 2 is 1.63 bits per heavy atom. The van der Waals surface area contributed by atoms with E-state index in [2.05, 4.69) is 29.8 Å². The molecule has 0 unspecified atom stereocenters. The van der Waals surface area contributed by atoms with E-state index in [0.717, 1.165) is 6.20 Å². The Kier molecular flexibility index (Phi) is 8.60. The van der Waals surface area contributed by atoms with Crippen LogP contribution in [0.3, 0.4) is 0 Å². The maximum atomic E-state index is 14.6. The molecular formula is C26H18F8N6O5S. The van der Waals surface area contributed by atoms with Gasteiger partial charge in [-0.3, -0.25) is 0 Å². The first-order valence-corrected chi connectivity index (χ1v) is 14.2. The maximum absolute atomic E-state index is 14.6. The number of hydrogen-bond acceptors (Lipinski definition) is 10. The minimum atomic E-state index is -5.89. The highest BCUT2D eigenvalue weighted by Gasteiger charge is 2.46. The molecule has 11 nitrogen and oxygen atoms in total. The lowest BCUT2D eigenvalue weighted by Crippen LogP contribution is -2.44. The summed E-state index contributed by atoms with van der Waals surface area (Å²) >= 11 is 0. The molecule has 0 amide bonds. The van der Waals surface area contributed by atoms with Gasteiger partial charge in [-0.15, -0.1) is 13.2 Å². The van der Waals surface area contributed by atoms with Crippen molar-refractivity contribution in [3.05, 3.63) is 66.6 Å². The monoisotopic (exact) mass is 678 g/mol. The van der Waals surface area contributed by atoms with Crippen LogP contribution in [-0.2, 0) is 19.7 Å². The molecule has 244 valence electrons. The van der Waals surface area contributed by atoms with Crippen molar-refractivity contribution in [1.82, 2.24) is 20.3 Å². The molecule has 4 aromatic rings. The number of alkyl halides is 6. The van der Waals surface area contributed by atoms with Crippen LogP contribution >= 0.6 is 0 Å². The fourth-order valence-corrected chi connectivity index (χ4v) is 5.68. The third kappa shape index (κ3) is 6.86. The predicted molar refractivity (Wildman–Crippen MR) is 143 cm³/mol. The van der Waals surface area contributed by atoms with E-state index in [-0.39, 0.29) is 23.3 Å². The first-order chi connectivity index (χ1) is 21.5. The van der Waals surface area contributed by atoms with Crippen LogP contribution in [0.5, 0.6) is 5.88 Å². The molecule has 0 spiro atoms. The number of nitrogens with one attached hydrogen (secondary N) is 1. The molecule has 0 bridgehead atoms. The molecule has 46 heavy (non-hydrogen) atoms. The minimum Gasteiger partial charge on any atom is -0.385 e. The van der Waals surface area contributed by atoms with Crippen LogP contribution in [0.1, 0.15) is 0 Å². The number of rotatable bonds is 7. The second-order valence-electron chi connectivity index (χ2n) is 9.45. The standard InChI is InChI=1S/C26H18F8N6O5S/c27-16-2-4-21(18(28)11-16)46(42,43)40(45-24(41)25(29,30)31)20-10-15(12-36-23(20)44-26(32,33)34)14-1-3-19-17(9-14)22(38-13-37-19)39-7-5-35-6-8-39/h1-4,9-13,35H,5-8H2. The zero-order chi connectivity index (χ0) is 33.4. The summed E-state index contributed by atoms with van der Waals surface area (Å²) in [5.41, 5.74) is -1.17. The highest BCUT2D eigenvalue weighted by molar-refractivity contribution is 7.92. The summed E-state index contributed by atoms with van der Waals surface area (Å²) in [5.74, 6) is -7.60. The number of nitrogens with zero attached hydrogens (tertiary/aromatic N) is 5. The van der Waals surface area contributed by atoms with Gasteiger partial charge >= 0.3 is 18.5 Å². The van der Waals surface area contributed by atoms with Gasteiger partial charge in [-0.25, -0.2) is 28.5 Å². The van der Waals surface area contributed by atoms with E-state index in [0.29, 0.717) is 55.0 Å². The third-order valence-electron chi connectivity index (χ3n) is 6.39. The first kappa shape index (κ1) is 32.5. The normalized spacial score (nSPS) is 14.3. The van der Waals surface area contributed by atoms with Gasteiger partial charge in [0.15, 0.2) is 5.69 Å². The number of pyridine rings is 1. The minimum absolute atomic E-state index is 0.0333. The fourth-order valence-electron chi connectivity index (χ4n) is 4.40. The zero-order valence-corrected chi connectivity index (χ0v) is 23.6. The lowest BCUT2D eigenvalue weighted by molar-refractivity contribution is -0.276. The zero-order valence-electron chi connectivity index (χ0n) is 22.7. The quantitative estimate of drug-likeness (QED) is 0.221. The van der Waals surface area contributed by atoms with Gasteiger partial charge in [-0.05, 0) is 35.9 Å². The molecule has 1 fully saturated rings. The van der Waals surface area contributed by atoms with E-state index in [1.165, 1.54) is 24.5 Å². The Morgan fingerprint density at radius 1 is 0.913 bits per heavy atom. The van der Waals surface area contributed by atoms with Gasteiger partial charge in [-0.2, -0.15) is 21.6 Å². The number of ether oxygens (including phenoxy) is 1. The third-order valence-corrected chi connectivity index (χ3v) is 7.99. The molecule has 2 aromatic heterocycles. The van der Waals surface area contributed by atoms with E-state index in [1.54, 1.807) is 0 Å². The Hall–Kier alpha value is -4.85. The molecule has 20 heteroatoms. The van der Waals surface area contributed by atoms with Gasteiger partial charge in [0, 0.05) is 49.4 Å². The molecule has 1 saturated heterocycles. The number of fused-ring (bicyclic) bond motifs is 1. The number of aromatic nitrogens is 3. The highest BCUT2D eigenvalue weighted by atomic mass is 32.2. The maximum Gasteiger partial charge on any atom is 0.574 e. The molecule has 0 aliphatic carbocycles. The van der Waals surface area contributed by atoms with Crippen LogP contribution in [0.2, 0.25) is 0 Å². The van der Waals surface area contributed by atoms with Crippen molar-refractivity contribution in [2.24, 2.45) is 0 Å². The van der Waals surface area contributed by atoms with Gasteiger partial charge in [0.25, 0.3) is 15.9 Å². The fraction of sp³-hybridized carbons (Fsp3) is 0.231. The number of benzene rings is 2. The van der Waals surface area contributed by atoms with E-state index >= 15 is 0 Å². The second kappa shape index (κ2) is 12.2.